The summed E-state index contributed by atoms with van der Waals surface area (Å²) in [5, 5.41) is 1.27. The summed E-state index contributed by atoms with van der Waals surface area (Å²) < 4.78 is 0. The zero-order chi connectivity index (χ0) is 11.9. The second kappa shape index (κ2) is 3.73. The molecule has 1 saturated carbocycles. The molecule has 1 aliphatic rings. The number of carbonyl (C=O) groups is 1. The second-order valence-corrected chi connectivity index (χ2v) is 5.38. The number of carbonyl (C=O) groups excluding carboxylic acids is 1. The second-order valence-electron chi connectivity index (χ2n) is 5.38. The van der Waals surface area contributed by atoms with E-state index in [0.29, 0.717) is 12.2 Å². The predicted octanol–water partition coefficient (Wildman–Crippen LogP) is 3.57. The summed E-state index contributed by atoms with van der Waals surface area (Å²) in [6.07, 6.45) is 5.67. The lowest BCUT2D eigenvalue weighted by molar-refractivity contribution is -0.121. The van der Waals surface area contributed by atoms with E-state index in [4.69, 9.17) is 0 Å². The van der Waals surface area contributed by atoms with E-state index in [0.717, 1.165) is 19.3 Å². The SMILES string of the molecule is CC1(c2c[nH]c3ccccc23)CCCC(=O)C1. The minimum absolute atomic E-state index is 0.0228. The van der Waals surface area contributed by atoms with Crippen LogP contribution >= 0.6 is 0 Å². The molecular formula is C15H17NO. The molecular weight excluding hydrogens is 210 g/mol. The van der Waals surface area contributed by atoms with E-state index in [-0.39, 0.29) is 5.41 Å². The Bertz CT molecular complexity index is 569. The van der Waals surface area contributed by atoms with E-state index in [9.17, 15) is 4.79 Å². The van der Waals surface area contributed by atoms with Gasteiger partial charge in [-0.05, 0) is 24.5 Å². The Balaban J connectivity index is 2.11. The first-order chi connectivity index (χ1) is 8.19. The molecule has 2 heteroatoms. The van der Waals surface area contributed by atoms with Crippen molar-refractivity contribution in [2.24, 2.45) is 0 Å². The maximum atomic E-state index is 11.7. The van der Waals surface area contributed by atoms with Crippen LogP contribution in [0.1, 0.15) is 38.2 Å². The zero-order valence-electron chi connectivity index (χ0n) is 10.1. The van der Waals surface area contributed by atoms with E-state index >= 15 is 0 Å². The minimum Gasteiger partial charge on any atom is -0.361 e. The fraction of sp³-hybridized carbons (Fsp3) is 0.400. The smallest absolute Gasteiger partial charge is 0.133 e. The summed E-state index contributed by atoms with van der Waals surface area (Å²) in [5.41, 5.74) is 2.50. The third-order valence-corrected chi connectivity index (χ3v) is 4.01. The molecule has 0 spiro atoms. The van der Waals surface area contributed by atoms with Crippen molar-refractivity contribution in [2.45, 2.75) is 38.0 Å². The van der Waals surface area contributed by atoms with Crippen LogP contribution in [-0.2, 0) is 10.2 Å². The summed E-state index contributed by atoms with van der Waals surface area (Å²) in [5.74, 6) is 0.407. The molecule has 1 N–H and O–H groups in total. The van der Waals surface area contributed by atoms with Gasteiger partial charge in [-0.2, -0.15) is 0 Å². The average Bonchev–Trinajstić information content (AvgIpc) is 2.72. The third kappa shape index (κ3) is 1.68. The molecule has 0 aliphatic heterocycles. The topological polar surface area (TPSA) is 32.9 Å². The highest BCUT2D eigenvalue weighted by molar-refractivity contribution is 5.87. The molecule has 1 unspecified atom stereocenters. The molecule has 0 saturated heterocycles. The molecule has 17 heavy (non-hydrogen) atoms. The van der Waals surface area contributed by atoms with Gasteiger partial charge in [0.25, 0.3) is 0 Å². The van der Waals surface area contributed by atoms with Crippen molar-refractivity contribution < 1.29 is 4.79 Å². The van der Waals surface area contributed by atoms with Crippen LogP contribution in [0.5, 0.6) is 0 Å². The van der Waals surface area contributed by atoms with Crippen molar-refractivity contribution in [3.05, 3.63) is 36.0 Å². The van der Waals surface area contributed by atoms with Gasteiger partial charge in [0.1, 0.15) is 5.78 Å². The van der Waals surface area contributed by atoms with Crippen molar-refractivity contribution in [3.63, 3.8) is 0 Å². The average molecular weight is 227 g/mol. The van der Waals surface area contributed by atoms with Crippen LogP contribution in [0.15, 0.2) is 30.5 Å². The van der Waals surface area contributed by atoms with Gasteiger partial charge in [-0.25, -0.2) is 0 Å². The summed E-state index contributed by atoms with van der Waals surface area (Å²) >= 11 is 0. The van der Waals surface area contributed by atoms with Crippen LogP contribution in [0.4, 0.5) is 0 Å². The first-order valence-electron chi connectivity index (χ1n) is 6.27. The number of benzene rings is 1. The minimum atomic E-state index is 0.0228. The number of rotatable bonds is 1. The molecule has 1 aliphatic carbocycles. The summed E-state index contributed by atoms with van der Waals surface area (Å²) in [6.45, 7) is 2.22. The van der Waals surface area contributed by atoms with E-state index in [2.05, 4.69) is 36.3 Å². The Morgan fingerprint density at radius 2 is 2.12 bits per heavy atom. The highest BCUT2D eigenvalue weighted by Gasteiger charge is 2.34. The van der Waals surface area contributed by atoms with Crippen molar-refractivity contribution >= 4 is 16.7 Å². The third-order valence-electron chi connectivity index (χ3n) is 4.01. The normalized spacial score (nSPS) is 25.4. The maximum Gasteiger partial charge on any atom is 0.133 e. The molecule has 88 valence electrons. The number of hydrogen-bond donors (Lipinski definition) is 1. The first-order valence-corrected chi connectivity index (χ1v) is 6.27. The van der Waals surface area contributed by atoms with Crippen molar-refractivity contribution in [1.82, 2.24) is 4.98 Å². The van der Waals surface area contributed by atoms with Gasteiger partial charge in [-0.1, -0.05) is 25.1 Å². The maximum absolute atomic E-state index is 11.7. The Hall–Kier alpha value is -1.57. The Morgan fingerprint density at radius 1 is 1.29 bits per heavy atom. The molecule has 2 aromatic rings. The highest BCUT2D eigenvalue weighted by Crippen LogP contribution is 2.40. The number of ketones is 1. The molecule has 1 atom stereocenters. The molecule has 1 heterocycles. The van der Waals surface area contributed by atoms with Crippen molar-refractivity contribution in [3.8, 4) is 0 Å². The predicted molar refractivity (Wildman–Crippen MR) is 69.1 cm³/mol. The number of hydrogen-bond acceptors (Lipinski definition) is 1. The van der Waals surface area contributed by atoms with Gasteiger partial charge in [-0.3, -0.25) is 4.79 Å². The summed E-state index contributed by atoms with van der Waals surface area (Å²) in [6, 6.07) is 8.34. The Kier molecular flexibility index (Phi) is 2.32. The molecule has 0 amide bonds. The molecule has 0 bridgehead atoms. The monoisotopic (exact) mass is 227 g/mol. The number of para-hydroxylation sites is 1. The van der Waals surface area contributed by atoms with Crippen LogP contribution < -0.4 is 0 Å². The molecule has 2 nitrogen and oxygen atoms in total. The number of Topliss-reactive ketones (excluding diaryl/α,β-unsaturated/α-hetero) is 1. The molecule has 1 fully saturated rings. The molecule has 1 aromatic carbocycles. The standard InChI is InChI=1S/C15H17NO/c1-15(8-4-5-11(17)9-15)13-10-16-14-7-3-2-6-12(13)14/h2-3,6-7,10,16H,4-5,8-9H2,1H3. The van der Waals surface area contributed by atoms with Crippen molar-refractivity contribution in [2.75, 3.05) is 0 Å². The van der Waals surface area contributed by atoms with Gasteiger partial charge >= 0.3 is 0 Å². The van der Waals surface area contributed by atoms with Gasteiger partial charge in [0.05, 0.1) is 0 Å². The fourth-order valence-electron chi connectivity index (χ4n) is 3.09. The molecule has 3 rings (SSSR count). The van der Waals surface area contributed by atoms with E-state index in [1.54, 1.807) is 0 Å². The van der Waals surface area contributed by atoms with Gasteiger partial charge in [0.2, 0.25) is 0 Å². The van der Waals surface area contributed by atoms with Crippen LogP contribution in [-0.4, -0.2) is 10.8 Å². The van der Waals surface area contributed by atoms with E-state index < -0.39 is 0 Å². The van der Waals surface area contributed by atoms with Gasteiger partial charge < -0.3 is 4.98 Å². The van der Waals surface area contributed by atoms with Gasteiger partial charge in [-0.15, -0.1) is 0 Å². The Labute approximate surface area is 101 Å². The molecule has 0 radical (unpaired) electrons. The summed E-state index contributed by atoms with van der Waals surface area (Å²) in [7, 11) is 0. The molecule has 1 aromatic heterocycles. The quantitative estimate of drug-likeness (QED) is 0.793. The lowest BCUT2D eigenvalue weighted by Gasteiger charge is -2.32. The number of fused-ring (bicyclic) bond motifs is 1. The van der Waals surface area contributed by atoms with Crippen LogP contribution in [0, 0.1) is 0 Å². The lowest BCUT2D eigenvalue weighted by atomic mass is 9.70. The van der Waals surface area contributed by atoms with E-state index in [1.807, 2.05) is 6.07 Å². The van der Waals surface area contributed by atoms with Crippen LogP contribution in [0.2, 0.25) is 0 Å². The van der Waals surface area contributed by atoms with Gasteiger partial charge in [0.15, 0.2) is 0 Å². The summed E-state index contributed by atoms with van der Waals surface area (Å²) in [4.78, 5) is 15.0. The van der Waals surface area contributed by atoms with Crippen LogP contribution in [0.3, 0.4) is 0 Å². The number of aromatic amines is 1. The number of H-pyrrole nitrogens is 1. The number of aromatic nitrogens is 1. The largest absolute Gasteiger partial charge is 0.361 e. The fourth-order valence-corrected chi connectivity index (χ4v) is 3.09. The number of nitrogens with one attached hydrogen (secondary N) is 1. The van der Waals surface area contributed by atoms with Gasteiger partial charge in [0, 0.05) is 35.4 Å². The Morgan fingerprint density at radius 3 is 2.94 bits per heavy atom. The highest BCUT2D eigenvalue weighted by atomic mass is 16.1. The lowest BCUT2D eigenvalue weighted by Crippen LogP contribution is -2.29. The van der Waals surface area contributed by atoms with E-state index in [1.165, 1.54) is 16.5 Å². The first kappa shape index (κ1) is 10.6. The van der Waals surface area contributed by atoms with Crippen LogP contribution in [0.25, 0.3) is 10.9 Å². The zero-order valence-corrected chi connectivity index (χ0v) is 10.1. The van der Waals surface area contributed by atoms with Crippen molar-refractivity contribution in [1.29, 1.82) is 0 Å².